The summed E-state index contributed by atoms with van der Waals surface area (Å²) in [4.78, 5) is 29.0. The van der Waals surface area contributed by atoms with Crippen LogP contribution in [-0.2, 0) is 11.0 Å². The highest BCUT2D eigenvalue weighted by Crippen LogP contribution is 2.35. The van der Waals surface area contributed by atoms with Gasteiger partial charge in [-0.3, -0.25) is 9.59 Å². The van der Waals surface area contributed by atoms with Crippen LogP contribution in [0, 0.1) is 0 Å². The van der Waals surface area contributed by atoms with Crippen molar-refractivity contribution in [3.63, 3.8) is 0 Å². The standard InChI is InChI=1S/C17H12F3N3O2S2/c1-9(24)22-11-5-4-10(17(18,19)20)7-12(11)23-15(25)14-8-21-16(27-14)13-3-2-6-26-13/h2-8H,1H3,(H,22,24)(H,23,25). The number of anilines is 2. The Labute approximate surface area is 159 Å². The molecule has 5 nitrogen and oxygen atoms in total. The molecular formula is C17H12F3N3O2S2. The van der Waals surface area contributed by atoms with Crippen molar-refractivity contribution in [2.45, 2.75) is 13.1 Å². The fourth-order valence-corrected chi connectivity index (χ4v) is 3.82. The lowest BCUT2D eigenvalue weighted by Crippen LogP contribution is -2.15. The molecular weight excluding hydrogens is 399 g/mol. The zero-order chi connectivity index (χ0) is 19.6. The molecule has 0 aliphatic carbocycles. The summed E-state index contributed by atoms with van der Waals surface area (Å²) in [5, 5.41) is 7.34. The molecule has 2 heterocycles. The first kappa shape index (κ1) is 19.1. The van der Waals surface area contributed by atoms with Gasteiger partial charge in [0.1, 0.15) is 9.88 Å². The van der Waals surface area contributed by atoms with Gasteiger partial charge in [0.2, 0.25) is 5.91 Å². The van der Waals surface area contributed by atoms with Crippen molar-refractivity contribution in [1.29, 1.82) is 0 Å². The molecule has 0 bridgehead atoms. The van der Waals surface area contributed by atoms with E-state index in [1.165, 1.54) is 24.5 Å². The second-order valence-electron chi connectivity index (χ2n) is 5.40. The second kappa shape index (κ2) is 7.49. The zero-order valence-corrected chi connectivity index (χ0v) is 15.4. The van der Waals surface area contributed by atoms with E-state index in [2.05, 4.69) is 15.6 Å². The van der Waals surface area contributed by atoms with Gasteiger partial charge < -0.3 is 10.6 Å². The van der Waals surface area contributed by atoms with E-state index in [1.54, 1.807) is 0 Å². The van der Waals surface area contributed by atoms with Crippen LogP contribution in [0.15, 0.2) is 41.9 Å². The zero-order valence-electron chi connectivity index (χ0n) is 13.8. The molecule has 0 aliphatic heterocycles. The molecule has 0 unspecified atom stereocenters. The van der Waals surface area contributed by atoms with Crippen molar-refractivity contribution in [2.75, 3.05) is 10.6 Å². The van der Waals surface area contributed by atoms with Gasteiger partial charge in [0.15, 0.2) is 0 Å². The van der Waals surface area contributed by atoms with E-state index in [9.17, 15) is 22.8 Å². The highest BCUT2D eigenvalue weighted by atomic mass is 32.1. The molecule has 0 saturated heterocycles. The highest BCUT2D eigenvalue weighted by molar-refractivity contribution is 7.22. The third-order valence-corrected chi connectivity index (χ3v) is 5.40. The molecule has 140 valence electrons. The summed E-state index contributed by atoms with van der Waals surface area (Å²) in [7, 11) is 0. The van der Waals surface area contributed by atoms with Crippen LogP contribution in [0.3, 0.4) is 0 Å². The first-order valence-corrected chi connectivity index (χ1v) is 9.23. The minimum atomic E-state index is -4.58. The Morgan fingerprint density at radius 2 is 1.89 bits per heavy atom. The fraction of sp³-hybridized carbons (Fsp3) is 0.118. The molecule has 3 aromatic rings. The van der Waals surface area contributed by atoms with Gasteiger partial charge in [0.05, 0.1) is 28.0 Å². The van der Waals surface area contributed by atoms with Gasteiger partial charge in [-0.25, -0.2) is 4.98 Å². The van der Waals surface area contributed by atoms with E-state index in [4.69, 9.17) is 0 Å². The second-order valence-corrected chi connectivity index (χ2v) is 7.38. The molecule has 0 spiro atoms. The summed E-state index contributed by atoms with van der Waals surface area (Å²) in [6.07, 6.45) is -3.22. The summed E-state index contributed by atoms with van der Waals surface area (Å²) < 4.78 is 38.9. The predicted octanol–water partition coefficient (Wildman–Crippen LogP) is 5.10. The fourth-order valence-electron chi connectivity index (χ4n) is 2.20. The number of hydrogen-bond donors (Lipinski definition) is 2. The monoisotopic (exact) mass is 411 g/mol. The number of benzene rings is 1. The minimum absolute atomic E-state index is 0.0758. The molecule has 2 N–H and O–H groups in total. The quantitative estimate of drug-likeness (QED) is 0.627. The van der Waals surface area contributed by atoms with Gasteiger partial charge in [0.25, 0.3) is 5.91 Å². The lowest BCUT2D eigenvalue weighted by Gasteiger charge is -2.14. The van der Waals surface area contributed by atoms with Crippen molar-refractivity contribution in [2.24, 2.45) is 0 Å². The molecule has 10 heteroatoms. The maximum Gasteiger partial charge on any atom is 0.416 e. The van der Waals surface area contributed by atoms with Crippen LogP contribution in [0.5, 0.6) is 0 Å². The normalized spacial score (nSPS) is 11.3. The summed E-state index contributed by atoms with van der Waals surface area (Å²) in [5.74, 6) is -1.08. The van der Waals surface area contributed by atoms with Crippen LogP contribution in [-0.4, -0.2) is 16.8 Å². The number of carbonyl (C=O) groups excluding carboxylic acids is 2. The Balaban J connectivity index is 1.88. The smallest absolute Gasteiger partial charge is 0.325 e. The van der Waals surface area contributed by atoms with Crippen LogP contribution in [0.1, 0.15) is 22.2 Å². The Morgan fingerprint density at radius 1 is 1.11 bits per heavy atom. The largest absolute Gasteiger partial charge is 0.416 e. The molecule has 2 amide bonds. The minimum Gasteiger partial charge on any atom is -0.325 e. The molecule has 1 aromatic carbocycles. The maximum absolute atomic E-state index is 13.0. The molecule has 0 fully saturated rings. The number of thiophene rings is 1. The molecule has 3 rings (SSSR count). The van der Waals surface area contributed by atoms with Crippen LogP contribution in [0.4, 0.5) is 24.5 Å². The Kier molecular flexibility index (Phi) is 5.29. The van der Waals surface area contributed by atoms with Gasteiger partial charge >= 0.3 is 6.18 Å². The molecule has 2 aromatic heterocycles. The molecule has 0 saturated carbocycles. The molecule has 27 heavy (non-hydrogen) atoms. The average molecular weight is 411 g/mol. The number of thiazole rings is 1. The first-order chi connectivity index (χ1) is 12.7. The highest BCUT2D eigenvalue weighted by Gasteiger charge is 2.31. The average Bonchev–Trinajstić information content (AvgIpc) is 3.26. The number of hydrogen-bond acceptors (Lipinski definition) is 5. The van der Waals surface area contributed by atoms with Crippen molar-refractivity contribution < 1.29 is 22.8 Å². The summed E-state index contributed by atoms with van der Waals surface area (Å²) >= 11 is 2.59. The maximum atomic E-state index is 13.0. The number of alkyl halides is 3. The van der Waals surface area contributed by atoms with Crippen molar-refractivity contribution in [3.8, 4) is 9.88 Å². The van der Waals surface area contributed by atoms with E-state index in [-0.39, 0.29) is 16.3 Å². The third-order valence-electron chi connectivity index (χ3n) is 3.37. The number of nitrogens with one attached hydrogen (secondary N) is 2. The molecule has 0 atom stereocenters. The van der Waals surface area contributed by atoms with E-state index >= 15 is 0 Å². The number of halogens is 3. The predicted molar refractivity (Wildman–Crippen MR) is 99.1 cm³/mol. The van der Waals surface area contributed by atoms with E-state index in [1.807, 2.05) is 17.5 Å². The lowest BCUT2D eigenvalue weighted by atomic mass is 10.1. The van der Waals surface area contributed by atoms with Gasteiger partial charge in [-0.05, 0) is 29.6 Å². The Bertz CT molecular complexity index is 982. The van der Waals surface area contributed by atoms with Crippen LogP contribution >= 0.6 is 22.7 Å². The van der Waals surface area contributed by atoms with Crippen LogP contribution < -0.4 is 10.6 Å². The van der Waals surface area contributed by atoms with Crippen molar-refractivity contribution >= 4 is 45.9 Å². The lowest BCUT2D eigenvalue weighted by molar-refractivity contribution is -0.137. The molecule has 0 aliphatic rings. The molecule has 0 radical (unpaired) electrons. The van der Waals surface area contributed by atoms with E-state index in [0.29, 0.717) is 5.01 Å². The van der Waals surface area contributed by atoms with Gasteiger partial charge in [-0.1, -0.05) is 6.07 Å². The number of amides is 2. The van der Waals surface area contributed by atoms with Gasteiger partial charge in [0, 0.05) is 6.92 Å². The number of aromatic nitrogens is 1. The van der Waals surface area contributed by atoms with Crippen LogP contribution in [0.25, 0.3) is 9.88 Å². The van der Waals surface area contributed by atoms with Gasteiger partial charge in [-0.15, -0.1) is 22.7 Å². The van der Waals surface area contributed by atoms with Crippen LogP contribution in [0.2, 0.25) is 0 Å². The number of rotatable bonds is 4. The van der Waals surface area contributed by atoms with Crippen molar-refractivity contribution in [3.05, 3.63) is 52.3 Å². The van der Waals surface area contributed by atoms with E-state index < -0.39 is 23.6 Å². The summed E-state index contributed by atoms with van der Waals surface area (Å²) in [6, 6.07) is 6.42. The Hall–Kier alpha value is -2.72. The number of carbonyl (C=O) groups is 2. The van der Waals surface area contributed by atoms with Gasteiger partial charge in [-0.2, -0.15) is 13.2 Å². The SMILES string of the molecule is CC(=O)Nc1ccc(C(F)(F)F)cc1NC(=O)c1cnc(-c2cccs2)s1. The topological polar surface area (TPSA) is 71.1 Å². The van der Waals surface area contributed by atoms with Crippen molar-refractivity contribution in [1.82, 2.24) is 4.98 Å². The summed E-state index contributed by atoms with van der Waals surface area (Å²) in [6.45, 7) is 1.22. The first-order valence-electron chi connectivity index (χ1n) is 7.54. The van der Waals surface area contributed by atoms with E-state index in [0.717, 1.165) is 34.4 Å². The number of nitrogens with zero attached hydrogens (tertiary/aromatic N) is 1. The third kappa shape index (κ3) is 4.52. The summed E-state index contributed by atoms with van der Waals surface area (Å²) in [5.41, 5.74) is -1.00. The Morgan fingerprint density at radius 3 is 2.52 bits per heavy atom.